The van der Waals surface area contributed by atoms with Crippen LogP contribution in [0.4, 0.5) is 5.69 Å². The van der Waals surface area contributed by atoms with Crippen LogP contribution >= 0.6 is 15.9 Å². The van der Waals surface area contributed by atoms with Crippen LogP contribution < -0.4 is 10.2 Å². The zero-order chi connectivity index (χ0) is 17.1. The first-order valence-electron chi connectivity index (χ1n) is 8.49. The topological polar surface area (TPSA) is 35.5 Å². The number of fused-ring (bicyclic) bond motifs is 1. The largest absolute Gasteiger partial charge is 0.394 e. The Hall–Kier alpha value is -1.36. The van der Waals surface area contributed by atoms with Crippen LogP contribution in [0.15, 0.2) is 46.9 Å². The van der Waals surface area contributed by atoms with Crippen molar-refractivity contribution in [1.82, 2.24) is 5.32 Å². The number of hydrogen-bond donors (Lipinski definition) is 2. The maximum absolute atomic E-state index is 9.90. The fraction of sp³-hybridized carbons (Fsp3) is 0.400. The van der Waals surface area contributed by atoms with Crippen LogP contribution in [0.25, 0.3) is 0 Å². The van der Waals surface area contributed by atoms with Crippen LogP contribution in [0.3, 0.4) is 0 Å². The van der Waals surface area contributed by atoms with E-state index in [1.165, 1.54) is 15.6 Å². The number of halogens is 1. The van der Waals surface area contributed by atoms with E-state index in [0.29, 0.717) is 6.04 Å². The van der Waals surface area contributed by atoms with Crippen LogP contribution in [-0.4, -0.2) is 31.9 Å². The predicted octanol–water partition coefficient (Wildman–Crippen LogP) is 3.70. The lowest BCUT2D eigenvalue weighted by Gasteiger charge is -2.30. The second-order valence-electron chi connectivity index (χ2n) is 6.71. The van der Waals surface area contributed by atoms with E-state index in [1.807, 2.05) is 14.1 Å². The molecule has 0 fully saturated rings. The first kappa shape index (κ1) is 17.5. The van der Waals surface area contributed by atoms with Crippen molar-refractivity contribution >= 4 is 21.6 Å². The molecule has 4 heteroatoms. The van der Waals surface area contributed by atoms with Crippen molar-refractivity contribution in [2.45, 2.75) is 31.3 Å². The molecule has 0 aliphatic heterocycles. The maximum Gasteiger partial charge on any atom is 0.0626 e. The number of nitrogens with one attached hydrogen (secondary N) is 1. The number of aliphatic hydroxyl groups excluding tert-OH is 1. The monoisotopic (exact) mass is 388 g/mol. The van der Waals surface area contributed by atoms with Gasteiger partial charge < -0.3 is 15.3 Å². The van der Waals surface area contributed by atoms with Crippen molar-refractivity contribution in [3.63, 3.8) is 0 Å². The van der Waals surface area contributed by atoms with Crippen LogP contribution in [-0.2, 0) is 12.8 Å². The summed E-state index contributed by atoms with van der Waals surface area (Å²) in [6.07, 6.45) is 3.19. The Labute approximate surface area is 152 Å². The van der Waals surface area contributed by atoms with Crippen molar-refractivity contribution in [2.24, 2.45) is 0 Å². The molecule has 3 nitrogen and oxygen atoms in total. The quantitative estimate of drug-likeness (QED) is 0.819. The number of hydrogen-bond acceptors (Lipinski definition) is 3. The van der Waals surface area contributed by atoms with E-state index in [2.05, 4.69) is 68.6 Å². The van der Waals surface area contributed by atoms with E-state index in [-0.39, 0.29) is 12.6 Å². The molecule has 2 aromatic rings. The molecular weight excluding hydrogens is 364 g/mol. The summed E-state index contributed by atoms with van der Waals surface area (Å²) in [5.74, 6) is 0. The molecular formula is C20H25BrN2O. The second-order valence-corrected chi connectivity index (χ2v) is 7.56. The molecule has 0 heterocycles. The number of benzene rings is 2. The third kappa shape index (κ3) is 3.82. The van der Waals surface area contributed by atoms with Gasteiger partial charge >= 0.3 is 0 Å². The van der Waals surface area contributed by atoms with Crippen LogP contribution in [0.5, 0.6) is 0 Å². The highest BCUT2D eigenvalue weighted by Crippen LogP contribution is 2.29. The van der Waals surface area contributed by atoms with Gasteiger partial charge in [-0.25, -0.2) is 0 Å². The molecule has 0 bridgehead atoms. The Morgan fingerprint density at radius 2 is 2.04 bits per heavy atom. The zero-order valence-electron chi connectivity index (χ0n) is 14.3. The van der Waals surface area contributed by atoms with Crippen molar-refractivity contribution < 1.29 is 5.11 Å². The molecule has 1 aliphatic rings. The highest BCUT2D eigenvalue weighted by atomic mass is 79.9. The summed E-state index contributed by atoms with van der Waals surface area (Å²) in [4.78, 5) is 2.09. The summed E-state index contributed by atoms with van der Waals surface area (Å²) in [5.41, 5.74) is 5.14. The third-order valence-electron chi connectivity index (χ3n) is 4.84. The highest BCUT2D eigenvalue weighted by Gasteiger charge is 2.23. The summed E-state index contributed by atoms with van der Waals surface area (Å²) in [6.45, 7) is 0.107. The molecule has 0 spiro atoms. The van der Waals surface area contributed by atoms with Gasteiger partial charge in [-0.2, -0.15) is 0 Å². The Balaban J connectivity index is 1.75. The van der Waals surface area contributed by atoms with Gasteiger partial charge in [0.1, 0.15) is 0 Å². The summed E-state index contributed by atoms with van der Waals surface area (Å²) >= 11 is 3.68. The number of anilines is 1. The van der Waals surface area contributed by atoms with Gasteiger partial charge in [0, 0.05) is 30.3 Å². The van der Waals surface area contributed by atoms with Crippen LogP contribution in [0.2, 0.25) is 0 Å². The van der Waals surface area contributed by atoms with Crippen LogP contribution in [0.1, 0.15) is 29.2 Å². The molecule has 0 amide bonds. The molecule has 3 rings (SSSR count). The average molecular weight is 389 g/mol. The lowest BCUT2D eigenvalue weighted by atomic mass is 9.87. The molecule has 0 aromatic heterocycles. The Morgan fingerprint density at radius 1 is 1.25 bits per heavy atom. The van der Waals surface area contributed by atoms with Gasteiger partial charge in [-0.05, 0) is 54.2 Å². The predicted molar refractivity (Wildman–Crippen MR) is 104 cm³/mol. The molecule has 2 aromatic carbocycles. The Bertz CT molecular complexity index is 702. The minimum Gasteiger partial charge on any atom is -0.394 e. The normalized spacial score (nSPS) is 18.1. The van der Waals surface area contributed by atoms with Gasteiger partial charge in [0.25, 0.3) is 0 Å². The molecule has 0 radical (unpaired) electrons. The standard InChI is InChI=1S/C20H25BrN2O/c1-23(2)17-7-3-6-15(11-17)20(13-24)22-16-10-9-14-5-4-8-19(21)18(14)12-16/h3-8,11,16,20,22,24H,9-10,12-13H2,1-2H3/t16?,20-/m0/s1. The summed E-state index contributed by atoms with van der Waals surface area (Å²) < 4.78 is 1.20. The lowest BCUT2D eigenvalue weighted by Crippen LogP contribution is -2.38. The smallest absolute Gasteiger partial charge is 0.0626 e. The van der Waals surface area contributed by atoms with E-state index >= 15 is 0 Å². The van der Waals surface area contributed by atoms with Gasteiger partial charge in [0.05, 0.1) is 12.6 Å². The molecule has 2 atom stereocenters. The van der Waals surface area contributed by atoms with E-state index in [1.54, 1.807) is 0 Å². The van der Waals surface area contributed by atoms with Crippen LogP contribution in [0, 0.1) is 0 Å². The van der Waals surface area contributed by atoms with Crippen molar-refractivity contribution in [3.8, 4) is 0 Å². The lowest BCUT2D eigenvalue weighted by molar-refractivity contribution is 0.228. The van der Waals surface area contributed by atoms with E-state index in [0.717, 1.165) is 30.5 Å². The van der Waals surface area contributed by atoms with Gasteiger partial charge in [0.2, 0.25) is 0 Å². The molecule has 2 N–H and O–H groups in total. The van der Waals surface area contributed by atoms with Gasteiger partial charge in [-0.3, -0.25) is 0 Å². The molecule has 0 saturated heterocycles. The zero-order valence-corrected chi connectivity index (χ0v) is 15.9. The first-order valence-corrected chi connectivity index (χ1v) is 9.28. The summed E-state index contributed by atoms with van der Waals surface area (Å²) in [5, 5.41) is 13.6. The first-order chi connectivity index (χ1) is 11.6. The molecule has 128 valence electrons. The number of rotatable bonds is 5. The molecule has 1 unspecified atom stereocenters. The van der Waals surface area contributed by atoms with E-state index in [9.17, 15) is 5.11 Å². The highest BCUT2D eigenvalue weighted by molar-refractivity contribution is 9.10. The summed E-state index contributed by atoms with van der Waals surface area (Å²) in [6, 6.07) is 15.2. The second kappa shape index (κ2) is 7.68. The Kier molecular flexibility index (Phi) is 5.59. The third-order valence-corrected chi connectivity index (χ3v) is 5.58. The van der Waals surface area contributed by atoms with Crippen molar-refractivity contribution in [1.29, 1.82) is 0 Å². The minimum atomic E-state index is -0.0288. The van der Waals surface area contributed by atoms with Gasteiger partial charge in [-0.1, -0.05) is 40.2 Å². The fourth-order valence-corrected chi connectivity index (χ4v) is 4.01. The maximum atomic E-state index is 9.90. The van der Waals surface area contributed by atoms with Gasteiger partial charge in [0.15, 0.2) is 0 Å². The fourth-order valence-electron chi connectivity index (χ4n) is 3.45. The van der Waals surface area contributed by atoms with Gasteiger partial charge in [-0.15, -0.1) is 0 Å². The number of aliphatic hydroxyl groups is 1. The van der Waals surface area contributed by atoms with E-state index < -0.39 is 0 Å². The van der Waals surface area contributed by atoms with Crippen molar-refractivity contribution in [3.05, 3.63) is 63.6 Å². The molecule has 24 heavy (non-hydrogen) atoms. The molecule has 0 saturated carbocycles. The number of aryl methyl sites for hydroxylation is 1. The van der Waals surface area contributed by atoms with E-state index in [4.69, 9.17) is 0 Å². The average Bonchev–Trinajstić information content (AvgIpc) is 2.60. The van der Waals surface area contributed by atoms with Crippen molar-refractivity contribution in [2.75, 3.05) is 25.6 Å². The molecule has 1 aliphatic carbocycles. The SMILES string of the molecule is CN(C)c1cccc([C@H](CO)NC2CCc3cccc(Br)c3C2)c1. The summed E-state index contributed by atoms with van der Waals surface area (Å²) in [7, 11) is 4.08. The minimum absolute atomic E-state index is 0.0288. The number of nitrogens with zero attached hydrogens (tertiary/aromatic N) is 1. The Morgan fingerprint density at radius 3 is 2.79 bits per heavy atom.